The van der Waals surface area contributed by atoms with Crippen molar-refractivity contribution in [2.45, 2.75) is 25.4 Å². The first-order valence-electron chi connectivity index (χ1n) is 8.08. The van der Waals surface area contributed by atoms with Crippen LogP contribution in [0.1, 0.15) is 39.6 Å². The number of H-pyrrole nitrogens is 1. The first kappa shape index (κ1) is 15.4. The number of carbonyl (C=O) groups is 2. The number of aromatic amines is 1. The number of nitrogens with one attached hydrogen (secondary N) is 2. The predicted molar refractivity (Wildman–Crippen MR) is 89.7 cm³/mol. The van der Waals surface area contributed by atoms with Crippen molar-refractivity contribution in [1.82, 2.24) is 20.2 Å². The third-order valence-electron chi connectivity index (χ3n) is 4.71. The molecule has 25 heavy (non-hydrogen) atoms. The number of nitrogen functional groups attached to an aromatic ring is 1. The van der Waals surface area contributed by atoms with Crippen molar-refractivity contribution in [2.75, 3.05) is 12.3 Å². The molecule has 0 fully saturated rings. The van der Waals surface area contributed by atoms with E-state index in [1.165, 1.54) is 0 Å². The van der Waals surface area contributed by atoms with Crippen LogP contribution in [-0.2, 0) is 17.8 Å². The summed E-state index contributed by atoms with van der Waals surface area (Å²) in [7, 11) is 0. The van der Waals surface area contributed by atoms with Gasteiger partial charge in [0.1, 0.15) is 0 Å². The van der Waals surface area contributed by atoms with Crippen molar-refractivity contribution in [2.24, 2.45) is 0 Å². The Kier molecular flexibility index (Phi) is 3.52. The number of amides is 2. The van der Waals surface area contributed by atoms with E-state index in [2.05, 4.69) is 15.3 Å². The van der Waals surface area contributed by atoms with Gasteiger partial charge in [0.2, 0.25) is 11.9 Å². The molecule has 0 spiro atoms. The lowest BCUT2D eigenvalue weighted by Gasteiger charge is -2.28. The lowest BCUT2D eigenvalue weighted by molar-refractivity contribution is -0.132. The van der Waals surface area contributed by atoms with Gasteiger partial charge in [0, 0.05) is 17.7 Å². The predicted octanol–water partition coefficient (Wildman–Crippen LogP) is 0.112. The second-order valence-corrected chi connectivity index (χ2v) is 6.26. The Morgan fingerprint density at radius 2 is 2.12 bits per heavy atom. The van der Waals surface area contributed by atoms with Gasteiger partial charge in [0.15, 0.2) is 0 Å². The standard InChI is InChI=1S/C17H17N5O3/c18-17-20-13-8-22(6-5-11(13)16(25)21-17)14(23)7-12-9-3-1-2-4-10(9)15(24)19-12/h1-4,12H,5-8H2,(H,19,24)(H3,18,20,21,25)/t12-/m1/s1. The van der Waals surface area contributed by atoms with Gasteiger partial charge in [-0.1, -0.05) is 18.2 Å². The maximum absolute atomic E-state index is 12.7. The van der Waals surface area contributed by atoms with Crippen molar-refractivity contribution < 1.29 is 9.59 Å². The molecule has 1 aromatic carbocycles. The molecule has 0 aliphatic carbocycles. The fraction of sp³-hybridized carbons (Fsp3) is 0.294. The van der Waals surface area contributed by atoms with Gasteiger partial charge in [-0.2, -0.15) is 0 Å². The van der Waals surface area contributed by atoms with Crippen LogP contribution in [-0.4, -0.2) is 33.2 Å². The van der Waals surface area contributed by atoms with Crippen LogP contribution < -0.4 is 16.6 Å². The lowest BCUT2D eigenvalue weighted by Crippen LogP contribution is -2.40. The zero-order valence-electron chi connectivity index (χ0n) is 13.4. The summed E-state index contributed by atoms with van der Waals surface area (Å²) in [5.74, 6) is -0.193. The van der Waals surface area contributed by atoms with Gasteiger partial charge < -0.3 is 16.0 Å². The third kappa shape index (κ3) is 2.65. The van der Waals surface area contributed by atoms with Crippen LogP contribution in [0.2, 0.25) is 0 Å². The monoisotopic (exact) mass is 339 g/mol. The topological polar surface area (TPSA) is 121 Å². The van der Waals surface area contributed by atoms with Crippen LogP contribution in [0.25, 0.3) is 0 Å². The summed E-state index contributed by atoms with van der Waals surface area (Å²) < 4.78 is 0. The SMILES string of the molecule is Nc1nc2c(c(=O)[nH]1)CCN(C(=O)C[C@H]1NC(=O)c3ccccc31)C2. The number of fused-ring (bicyclic) bond motifs is 2. The van der Waals surface area contributed by atoms with Gasteiger partial charge in [-0.25, -0.2) is 4.98 Å². The van der Waals surface area contributed by atoms with Crippen molar-refractivity contribution >= 4 is 17.8 Å². The first-order valence-corrected chi connectivity index (χ1v) is 8.08. The molecule has 0 saturated heterocycles. The maximum Gasteiger partial charge on any atom is 0.255 e. The molecule has 3 heterocycles. The smallest absolute Gasteiger partial charge is 0.255 e. The average molecular weight is 339 g/mol. The highest BCUT2D eigenvalue weighted by Crippen LogP contribution is 2.28. The molecule has 4 rings (SSSR count). The summed E-state index contributed by atoms with van der Waals surface area (Å²) in [5, 5.41) is 2.85. The van der Waals surface area contributed by atoms with Gasteiger partial charge in [0.25, 0.3) is 11.5 Å². The molecule has 4 N–H and O–H groups in total. The fourth-order valence-corrected chi connectivity index (χ4v) is 3.46. The molecule has 1 atom stereocenters. The molecule has 1 aromatic heterocycles. The van der Waals surface area contributed by atoms with Gasteiger partial charge in [-0.3, -0.25) is 19.4 Å². The number of nitrogens with two attached hydrogens (primary N) is 1. The van der Waals surface area contributed by atoms with Gasteiger partial charge >= 0.3 is 0 Å². The zero-order valence-corrected chi connectivity index (χ0v) is 13.4. The summed E-state index contributed by atoms with van der Waals surface area (Å²) in [6, 6.07) is 6.95. The maximum atomic E-state index is 12.7. The highest BCUT2D eigenvalue weighted by Gasteiger charge is 2.32. The number of anilines is 1. The molecule has 8 nitrogen and oxygen atoms in total. The van der Waals surface area contributed by atoms with Crippen LogP contribution in [0.5, 0.6) is 0 Å². The Bertz CT molecular complexity index is 936. The summed E-state index contributed by atoms with van der Waals surface area (Å²) in [4.78, 5) is 44.8. The zero-order chi connectivity index (χ0) is 17.6. The molecule has 8 heteroatoms. The average Bonchev–Trinajstić information content (AvgIpc) is 2.90. The Labute approximate surface area is 143 Å². The molecule has 0 saturated carbocycles. The second-order valence-electron chi connectivity index (χ2n) is 6.26. The molecule has 2 aliphatic heterocycles. The fourth-order valence-electron chi connectivity index (χ4n) is 3.46. The molecule has 2 aliphatic rings. The molecule has 128 valence electrons. The number of hydrogen-bond acceptors (Lipinski definition) is 5. The number of rotatable bonds is 2. The molecular weight excluding hydrogens is 322 g/mol. The first-order chi connectivity index (χ1) is 12.0. The molecule has 0 bridgehead atoms. The highest BCUT2D eigenvalue weighted by atomic mass is 16.2. The number of aromatic nitrogens is 2. The van der Waals surface area contributed by atoms with Crippen molar-refractivity contribution in [1.29, 1.82) is 0 Å². The Morgan fingerprint density at radius 3 is 2.96 bits per heavy atom. The minimum absolute atomic E-state index is 0.0510. The Balaban J connectivity index is 1.52. The summed E-state index contributed by atoms with van der Waals surface area (Å²) in [6.45, 7) is 0.702. The number of benzene rings is 1. The van der Waals surface area contributed by atoms with Crippen LogP contribution in [0.3, 0.4) is 0 Å². The number of nitrogens with zero attached hydrogens (tertiary/aromatic N) is 2. The van der Waals surface area contributed by atoms with Crippen molar-refractivity contribution in [3.8, 4) is 0 Å². The summed E-state index contributed by atoms with van der Waals surface area (Å²) in [5.41, 5.74) is 7.92. The van der Waals surface area contributed by atoms with E-state index in [0.29, 0.717) is 29.8 Å². The van der Waals surface area contributed by atoms with Crippen LogP contribution in [0.15, 0.2) is 29.1 Å². The van der Waals surface area contributed by atoms with Crippen LogP contribution in [0, 0.1) is 0 Å². The Hall–Kier alpha value is -3.16. The third-order valence-corrected chi connectivity index (χ3v) is 4.71. The summed E-state index contributed by atoms with van der Waals surface area (Å²) >= 11 is 0. The quantitative estimate of drug-likeness (QED) is 0.717. The molecule has 0 unspecified atom stereocenters. The largest absolute Gasteiger partial charge is 0.369 e. The van der Waals surface area contributed by atoms with E-state index in [1.807, 2.05) is 12.1 Å². The normalized spacial score (nSPS) is 18.5. The van der Waals surface area contributed by atoms with E-state index >= 15 is 0 Å². The molecule has 0 radical (unpaired) electrons. The minimum Gasteiger partial charge on any atom is -0.369 e. The summed E-state index contributed by atoms with van der Waals surface area (Å²) in [6.07, 6.45) is 0.619. The van der Waals surface area contributed by atoms with E-state index in [9.17, 15) is 14.4 Å². The van der Waals surface area contributed by atoms with E-state index < -0.39 is 0 Å². The van der Waals surface area contributed by atoms with E-state index in [-0.39, 0.29) is 42.3 Å². The van der Waals surface area contributed by atoms with E-state index in [4.69, 9.17) is 5.73 Å². The van der Waals surface area contributed by atoms with Crippen LogP contribution >= 0.6 is 0 Å². The van der Waals surface area contributed by atoms with Gasteiger partial charge in [-0.15, -0.1) is 0 Å². The molecule has 2 amide bonds. The second kappa shape index (κ2) is 5.73. The number of carbonyl (C=O) groups excluding carboxylic acids is 2. The lowest BCUT2D eigenvalue weighted by atomic mass is 10.0. The molecular formula is C17H17N5O3. The van der Waals surface area contributed by atoms with E-state index in [0.717, 1.165) is 5.56 Å². The van der Waals surface area contributed by atoms with Crippen LogP contribution in [0.4, 0.5) is 5.95 Å². The highest BCUT2D eigenvalue weighted by molar-refractivity contribution is 5.99. The van der Waals surface area contributed by atoms with Gasteiger partial charge in [-0.05, 0) is 18.1 Å². The van der Waals surface area contributed by atoms with Crippen molar-refractivity contribution in [3.63, 3.8) is 0 Å². The Morgan fingerprint density at radius 1 is 1.32 bits per heavy atom. The van der Waals surface area contributed by atoms with Crippen molar-refractivity contribution in [3.05, 3.63) is 57.0 Å². The molecule has 2 aromatic rings. The van der Waals surface area contributed by atoms with Gasteiger partial charge in [0.05, 0.1) is 24.7 Å². The number of hydrogen-bond donors (Lipinski definition) is 3. The minimum atomic E-state index is -0.324. The van der Waals surface area contributed by atoms with E-state index in [1.54, 1.807) is 17.0 Å².